The number of ketones is 1. The number of para-hydroxylation sites is 2. The molecule has 1 heterocycles. The lowest BCUT2D eigenvalue weighted by molar-refractivity contribution is 0.0940. The van der Waals surface area contributed by atoms with Gasteiger partial charge in [0.1, 0.15) is 12.4 Å². The summed E-state index contributed by atoms with van der Waals surface area (Å²) < 4.78 is 5.79. The minimum absolute atomic E-state index is 0.117. The second-order valence-corrected chi connectivity index (χ2v) is 6.02. The summed E-state index contributed by atoms with van der Waals surface area (Å²) >= 11 is 0. The first-order valence-electron chi connectivity index (χ1n) is 8.11. The zero-order chi connectivity index (χ0) is 16.9. The van der Waals surface area contributed by atoms with E-state index in [0.29, 0.717) is 19.7 Å². The highest BCUT2D eigenvalue weighted by Crippen LogP contribution is 2.18. The van der Waals surface area contributed by atoms with E-state index in [1.54, 1.807) is 6.20 Å². The number of H-pyrrole nitrogens is 1. The third-order valence-electron chi connectivity index (χ3n) is 4.13. The predicted molar refractivity (Wildman–Crippen MR) is 96.8 cm³/mol. The number of aromatic nitrogens is 1. The van der Waals surface area contributed by atoms with E-state index >= 15 is 0 Å². The molecule has 24 heavy (non-hydrogen) atoms. The minimum Gasteiger partial charge on any atom is -0.492 e. The smallest absolute Gasteiger partial charge is 0.178 e. The molecule has 1 N–H and O–H groups in total. The number of hydrogen-bond acceptors (Lipinski definition) is 3. The Hall–Kier alpha value is -2.59. The molecule has 2 aromatic carbocycles. The van der Waals surface area contributed by atoms with E-state index in [0.717, 1.165) is 27.8 Å². The fourth-order valence-corrected chi connectivity index (χ4v) is 2.74. The first-order chi connectivity index (χ1) is 11.6. The normalized spacial score (nSPS) is 11.1. The molecule has 4 nitrogen and oxygen atoms in total. The molecule has 0 fully saturated rings. The van der Waals surface area contributed by atoms with Crippen LogP contribution in [0.3, 0.4) is 0 Å². The zero-order valence-electron chi connectivity index (χ0n) is 14.1. The van der Waals surface area contributed by atoms with E-state index in [1.165, 1.54) is 0 Å². The van der Waals surface area contributed by atoms with E-state index < -0.39 is 0 Å². The third-order valence-corrected chi connectivity index (χ3v) is 4.13. The maximum atomic E-state index is 12.5. The first kappa shape index (κ1) is 16.3. The molecular formula is C20H22N2O2. The van der Waals surface area contributed by atoms with Crippen LogP contribution in [-0.4, -0.2) is 42.4 Å². The van der Waals surface area contributed by atoms with Gasteiger partial charge in [-0.3, -0.25) is 9.69 Å². The number of ether oxygens (including phenoxy) is 1. The number of benzene rings is 2. The first-order valence-corrected chi connectivity index (χ1v) is 8.11. The molecule has 0 saturated carbocycles. The molecule has 0 amide bonds. The van der Waals surface area contributed by atoms with Crippen molar-refractivity contribution in [2.24, 2.45) is 0 Å². The van der Waals surface area contributed by atoms with Gasteiger partial charge in [-0.2, -0.15) is 0 Å². The molecule has 0 aliphatic rings. The van der Waals surface area contributed by atoms with Gasteiger partial charge in [0.15, 0.2) is 5.78 Å². The monoisotopic (exact) mass is 322 g/mol. The highest BCUT2D eigenvalue weighted by atomic mass is 16.5. The van der Waals surface area contributed by atoms with Gasteiger partial charge in [-0.25, -0.2) is 0 Å². The van der Waals surface area contributed by atoms with Gasteiger partial charge >= 0.3 is 0 Å². The number of aromatic amines is 1. The fourth-order valence-electron chi connectivity index (χ4n) is 2.74. The molecule has 0 atom stereocenters. The van der Waals surface area contributed by atoms with Crippen molar-refractivity contribution in [3.05, 3.63) is 65.9 Å². The van der Waals surface area contributed by atoms with E-state index in [2.05, 4.69) is 4.98 Å². The Bertz CT molecular complexity index is 838. The number of hydrogen-bond donors (Lipinski definition) is 1. The van der Waals surface area contributed by atoms with Gasteiger partial charge in [0.25, 0.3) is 0 Å². The highest BCUT2D eigenvalue weighted by Gasteiger charge is 2.13. The van der Waals surface area contributed by atoms with Gasteiger partial charge in [-0.05, 0) is 31.7 Å². The molecular weight excluding hydrogens is 300 g/mol. The summed E-state index contributed by atoms with van der Waals surface area (Å²) in [5.41, 5.74) is 2.86. The van der Waals surface area contributed by atoms with Gasteiger partial charge < -0.3 is 9.72 Å². The summed E-state index contributed by atoms with van der Waals surface area (Å²) in [6, 6.07) is 15.8. The summed E-state index contributed by atoms with van der Waals surface area (Å²) in [6.45, 7) is 3.66. The summed E-state index contributed by atoms with van der Waals surface area (Å²) in [6.07, 6.45) is 1.80. The van der Waals surface area contributed by atoms with E-state index in [4.69, 9.17) is 4.74 Å². The molecule has 0 unspecified atom stereocenters. The average molecular weight is 322 g/mol. The van der Waals surface area contributed by atoms with Crippen LogP contribution in [0.5, 0.6) is 5.75 Å². The van der Waals surface area contributed by atoms with E-state index in [9.17, 15) is 4.79 Å². The molecule has 4 heteroatoms. The second kappa shape index (κ2) is 7.32. The Balaban J connectivity index is 1.54. The van der Waals surface area contributed by atoms with Gasteiger partial charge in [-0.15, -0.1) is 0 Å². The maximum Gasteiger partial charge on any atom is 0.178 e. The quantitative estimate of drug-likeness (QED) is 0.675. The minimum atomic E-state index is 0.117. The lowest BCUT2D eigenvalue weighted by Crippen LogP contribution is -2.30. The van der Waals surface area contributed by atoms with Crippen molar-refractivity contribution >= 4 is 16.7 Å². The van der Waals surface area contributed by atoms with Crippen LogP contribution in [0.25, 0.3) is 10.9 Å². The lowest BCUT2D eigenvalue weighted by atomic mass is 10.1. The SMILES string of the molecule is Cc1ccccc1OCCN(C)CC(=O)c1c[nH]c2ccccc12. The molecule has 124 valence electrons. The number of Topliss-reactive ketones (excluding diaryl/α,β-unsaturated/α-hetero) is 1. The van der Waals surface area contributed by atoms with Gasteiger partial charge in [-0.1, -0.05) is 36.4 Å². The second-order valence-electron chi connectivity index (χ2n) is 6.02. The number of carbonyl (C=O) groups is 1. The summed E-state index contributed by atoms with van der Waals surface area (Å²) in [5, 5.41) is 0.979. The summed E-state index contributed by atoms with van der Waals surface area (Å²) in [7, 11) is 1.94. The highest BCUT2D eigenvalue weighted by molar-refractivity contribution is 6.08. The Labute approximate surface area is 142 Å². The fraction of sp³-hybridized carbons (Fsp3) is 0.250. The van der Waals surface area contributed by atoms with E-state index in [-0.39, 0.29) is 5.78 Å². The lowest BCUT2D eigenvalue weighted by Gasteiger charge is -2.16. The van der Waals surface area contributed by atoms with Crippen LogP contribution >= 0.6 is 0 Å². The number of likely N-dealkylation sites (N-methyl/N-ethyl adjacent to an activating group) is 1. The van der Waals surface area contributed by atoms with Crippen molar-refractivity contribution in [1.29, 1.82) is 0 Å². The molecule has 0 radical (unpaired) electrons. The van der Waals surface area contributed by atoms with Crippen LogP contribution in [0.2, 0.25) is 0 Å². The zero-order valence-corrected chi connectivity index (χ0v) is 14.1. The van der Waals surface area contributed by atoms with Crippen molar-refractivity contribution in [2.75, 3.05) is 26.7 Å². The number of aryl methyl sites for hydroxylation is 1. The molecule has 3 rings (SSSR count). The van der Waals surface area contributed by atoms with Crippen LogP contribution in [0, 0.1) is 6.92 Å². The molecule has 0 bridgehead atoms. The largest absolute Gasteiger partial charge is 0.492 e. The molecule has 0 saturated heterocycles. The van der Waals surface area contributed by atoms with Crippen molar-refractivity contribution in [3.63, 3.8) is 0 Å². The van der Waals surface area contributed by atoms with Crippen LogP contribution in [0.4, 0.5) is 0 Å². The van der Waals surface area contributed by atoms with E-state index in [1.807, 2.05) is 67.4 Å². The predicted octanol–water partition coefficient (Wildman–Crippen LogP) is 3.67. The Morgan fingerprint density at radius 3 is 2.71 bits per heavy atom. The van der Waals surface area contributed by atoms with Crippen LogP contribution < -0.4 is 4.74 Å². The summed E-state index contributed by atoms with van der Waals surface area (Å²) in [4.78, 5) is 17.7. The third kappa shape index (κ3) is 3.66. The molecule has 3 aromatic rings. The Morgan fingerprint density at radius 2 is 1.88 bits per heavy atom. The van der Waals surface area contributed by atoms with Crippen LogP contribution in [-0.2, 0) is 0 Å². The topological polar surface area (TPSA) is 45.3 Å². The van der Waals surface area contributed by atoms with Gasteiger partial charge in [0.2, 0.25) is 0 Å². The number of fused-ring (bicyclic) bond motifs is 1. The Morgan fingerprint density at radius 1 is 1.12 bits per heavy atom. The van der Waals surface area contributed by atoms with Crippen LogP contribution in [0.1, 0.15) is 15.9 Å². The number of carbonyl (C=O) groups excluding carboxylic acids is 1. The molecule has 0 spiro atoms. The van der Waals surface area contributed by atoms with Crippen molar-refractivity contribution < 1.29 is 9.53 Å². The van der Waals surface area contributed by atoms with Gasteiger partial charge in [0.05, 0.1) is 6.54 Å². The standard InChI is InChI=1S/C20H22N2O2/c1-15-7-3-6-10-20(15)24-12-11-22(2)14-19(23)17-13-21-18-9-5-4-8-16(17)18/h3-10,13,21H,11-12,14H2,1-2H3. The van der Waals surface area contributed by atoms with Gasteiger partial charge in [0, 0.05) is 29.2 Å². The van der Waals surface area contributed by atoms with Crippen molar-refractivity contribution in [1.82, 2.24) is 9.88 Å². The van der Waals surface area contributed by atoms with Crippen molar-refractivity contribution in [2.45, 2.75) is 6.92 Å². The summed E-state index contributed by atoms with van der Waals surface area (Å²) in [5.74, 6) is 1.01. The average Bonchev–Trinajstić information content (AvgIpc) is 3.01. The van der Waals surface area contributed by atoms with Crippen LogP contribution in [0.15, 0.2) is 54.7 Å². The molecule has 0 aliphatic carbocycles. The maximum absolute atomic E-state index is 12.5. The number of rotatable bonds is 7. The Kier molecular flexibility index (Phi) is 4.96. The number of nitrogens with zero attached hydrogens (tertiary/aromatic N) is 1. The van der Waals surface area contributed by atoms with Crippen molar-refractivity contribution in [3.8, 4) is 5.75 Å². The molecule has 0 aliphatic heterocycles. The molecule has 1 aromatic heterocycles. The number of nitrogens with one attached hydrogen (secondary N) is 1.